The van der Waals surface area contributed by atoms with E-state index in [1.165, 1.54) is 16.9 Å². The first-order chi connectivity index (χ1) is 13.6. The van der Waals surface area contributed by atoms with Crippen molar-refractivity contribution in [2.24, 2.45) is 5.92 Å². The van der Waals surface area contributed by atoms with Crippen LogP contribution in [0.15, 0.2) is 48.5 Å². The maximum atomic E-state index is 12.7. The molecule has 28 heavy (non-hydrogen) atoms. The minimum Gasteiger partial charge on any atom is -0.312 e. The van der Waals surface area contributed by atoms with Crippen molar-refractivity contribution in [3.05, 3.63) is 54.1 Å². The van der Waals surface area contributed by atoms with Crippen LogP contribution in [0.25, 0.3) is 10.2 Å². The molecule has 1 aliphatic rings. The number of amides is 2. The first kappa shape index (κ1) is 18.6. The van der Waals surface area contributed by atoms with E-state index >= 15 is 0 Å². The smallest absolute Gasteiger partial charge is 0.231 e. The summed E-state index contributed by atoms with van der Waals surface area (Å²) < 4.78 is 1.03. The molecule has 1 atom stereocenters. The van der Waals surface area contributed by atoms with Crippen LogP contribution in [0.3, 0.4) is 0 Å². The van der Waals surface area contributed by atoms with Crippen LogP contribution in [-0.4, -0.2) is 23.3 Å². The van der Waals surface area contributed by atoms with Crippen LogP contribution >= 0.6 is 11.3 Å². The molecule has 0 radical (unpaired) electrons. The Labute approximate surface area is 168 Å². The number of aryl methyl sites for hydroxylation is 1. The van der Waals surface area contributed by atoms with Crippen molar-refractivity contribution >= 4 is 44.2 Å². The average molecular weight is 394 g/mol. The van der Waals surface area contributed by atoms with Gasteiger partial charge < -0.3 is 10.2 Å². The molecule has 2 heterocycles. The normalized spacial score (nSPS) is 16.7. The number of para-hydroxylation sites is 1. The molecule has 1 saturated heterocycles. The van der Waals surface area contributed by atoms with Gasteiger partial charge in [-0.3, -0.25) is 9.59 Å². The number of thiazole rings is 1. The van der Waals surface area contributed by atoms with E-state index < -0.39 is 0 Å². The Morgan fingerprint density at radius 2 is 2.00 bits per heavy atom. The predicted molar refractivity (Wildman–Crippen MR) is 114 cm³/mol. The fourth-order valence-corrected chi connectivity index (χ4v) is 4.36. The predicted octanol–water partition coefficient (Wildman–Crippen LogP) is 4.63. The Morgan fingerprint density at radius 3 is 2.75 bits per heavy atom. The minimum atomic E-state index is -0.362. The molecule has 1 aliphatic heterocycles. The van der Waals surface area contributed by atoms with Crippen LogP contribution in [0.5, 0.6) is 0 Å². The van der Waals surface area contributed by atoms with Crippen molar-refractivity contribution in [2.45, 2.75) is 32.6 Å². The standard InChI is InChI=1S/C22H23N3O2S/c1-2-3-6-15-9-11-17(12-10-15)25-14-16(13-20(25)26)21(27)24-22-23-18-7-4-5-8-19(18)28-22/h4-5,7-12,16H,2-3,6,13-14H2,1H3,(H,23,24,27)/t16-/m1/s1. The molecule has 0 saturated carbocycles. The summed E-state index contributed by atoms with van der Waals surface area (Å²) >= 11 is 1.45. The number of hydrogen-bond acceptors (Lipinski definition) is 4. The Hall–Kier alpha value is -2.73. The van der Waals surface area contributed by atoms with Crippen LogP contribution < -0.4 is 10.2 Å². The molecule has 0 aliphatic carbocycles. The number of benzene rings is 2. The summed E-state index contributed by atoms with van der Waals surface area (Å²) in [5.74, 6) is -0.514. The van der Waals surface area contributed by atoms with E-state index in [2.05, 4.69) is 29.4 Å². The van der Waals surface area contributed by atoms with E-state index in [-0.39, 0.29) is 24.2 Å². The molecule has 144 valence electrons. The third-order valence-electron chi connectivity index (χ3n) is 5.09. The molecular formula is C22H23N3O2S. The summed E-state index contributed by atoms with van der Waals surface area (Å²) in [4.78, 5) is 31.3. The second kappa shape index (κ2) is 8.10. The molecule has 5 nitrogen and oxygen atoms in total. The van der Waals surface area contributed by atoms with Crippen LogP contribution in [0, 0.1) is 5.92 Å². The van der Waals surface area contributed by atoms with Crippen molar-refractivity contribution in [1.29, 1.82) is 0 Å². The van der Waals surface area contributed by atoms with Crippen molar-refractivity contribution < 1.29 is 9.59 Å². The molecule has 4 rings (SSSR count). The van der Waals surface area contributed by atoms with Gasteiger partial charge in [0, 0.05) is 18.7 Å². The van der Waals surface area contributed by atoms with Crippen LogP contribution in [-0.2, 0) is 16.0 Å². The summed E-state index contributed by atoms with van der Waals surface area (Å²) in [7, 11) is 0. The van der Waals surface area contributed by atoms with Gasteiger partial charge in [-0.2, -0.15) is 0 Å². The first-order valence-corrected chi connectivity index (χ1v) is 10.5. The van der Waals surface area contributed by atoms with E-state index in [9.17, 15) is 9.59 Å². The Kier molecular flexibility index (Phi) is 5.39. The average Bonchev–Trinajstić information content (AvgIpc) is 3.29. The topological polar surface area (TPSA) is 62.3 Å². The summed E-state index contributed by atoms with van der Waals surface area (Å²) in [6.07, 6.45) is 3.61. The van der Waals surface area contributed by atoms with E-state index in [0.717, 1.165) is 35.2 Å². The maximum absolute atomic E-state index is 12.7. The molecule has 2 amide bonds. The number of fused-ring (bicyclic) bond motifs is 1. The van der Waals surface area contributed by atoms with E-state index in [1.54, 1.807) is 4.90 Å². The third kappa shape index (κ3) is 3.92. The molecule has 1 aromatic heterocycles. The summed E-state index contributed by atoms with van der Waals surface area (Å²) in [5.41, 5.74) is 3.01. The van der Waals surface area contributed by atoms with Gasteiger partial charge in [0.25, 0.3) is 0 Å². The van der Waals surface area contributed by atoms with Gasteiger partial charge in [0.1, 0.15) is 0 Å². The van der Waals surface area contributed by atoms with Crippen molar-refractivity contribution in [3.8, 4) is 0 Å². The summed E-state index contributed by atoms with van der Waals surface area (Å²) in [6.45, 7) is 2.58. The summed E-state index contributed by atoms with van der Waals surface area (Å²) in [5, 5.41) is 3.47. The SMILES string of the molecule is CCCCc1ccc(N2C[C@H](C(=O)Nc3nc4ccccc4s3)CC2=O)cc1. The fourth-order valence-electron chi connectivity index (χ4n) is 3.49. The highest BCUT2D eigenvalue weighted by atomic mass is 32.1. The highest BCUT2D eigenvalue weighted by molar-refractivity contribution is 7.22. The van der Waals surface area contributed by atoms with Crippen molar-refractivity contribution in [1.82, 2.24) is 4.98 Å². The van der Waals surface area contributed by atoms with Gasteiger partial charge in [0.15, 0.2) is 5.13 Å². The lowest BCUT2D eigenvalue weighted by atomic mass is 10.1. The molecular weight excluding hydrogens is 370 g/mol. The number of nitrogens with zero attached hydrogens (tertiary/aromatic N) is 2. The molecule has 1 N–H and O–H groups in total. The zero-order valence-corrected chi connectivity index (χ0v) is 16.7. The van der Waals surface area contributed by atoms with Gasteiger partial charge in [-0.1, -0.05) is 48.9 Å². The lowest BCUT2D eigenvalue weighted by Gasteiger charge is -2.17. The second-order valence-corrected chi connectivity index (χ2v) is 8.18. The lowest BCUT2D eigenvalue weighted by Crippen LogP contribution is -2.28. The fraction of sp³-hybridized carbons (Fsp3) is 0.318. The first-order valence-electron chi connectivity index (χ1n) is 9.70. The molecule has 3 aromatic rings. The number of nitrogens with one attached hydrogen (secondary N) is 1. The Bertz CT molecular complexity index is 963. The molecule has 1 fully saturated rings. The number of anilines is 2. The van der Waals surface area contributed by atoms with E-state index in [0.29, 0.717) is 11.7 Å². The molecule has 0 unspecified atom stereocenters. The van der Waals surface area contributed by atoms with Gasteiger partial charge in [-0.15, -0.1) is 0 Å². The largest absolute Gasteiger partial charge is 0.312 e. The molecule has 2 aromatic carbocycles. The van der Waals surface area contributed by atoms with Crippen LogP contribution in [0.2, 0.25) is 0 Å². The number of hydrogen-bond donors (Lipinski definition) is 1. The van der Waals surface area contributed by atoms with Gasteiger partial charge in [-0.05, 0) is 42.7 Å². The Balaban J connectivity index is 1.41. The highest BCUT2D eigenvalue weighted by Gasteiger charge is 2.35. The van der Waals surface area contributed by atoms with Gasteiger partial charge in [-0.25, -0.2) is 4.98 Å². The second-order valence-electron chi connectivity index (χ2n) is 7.15. The quantitative estimate of drug-likeness (QED) is 0.664. The van der Waals surface area contributed by atoms with Crippen LogP contribution in [0.1, 0.15) is 31.7 Å². The zero-order chi connectivity index (χ0) is 19.5. The summed E-state index contributed by atoms with van der Waals surface area (Å²) in [6, 6.07) is 15.9. The number of carbonyl (C=O) groups excluding carboxylic acids is 2. The maximum Gasteiger partial charge on any atom is 0.231 e. The molecule has 0 spiro atoms. The molecule has 6 heteroatoms. The molecule has 0 bridgehead atoms. The van der Waals surface area contributed by atoms with Crippen molar-refractivity contribution in [3.63, 3.8) is 0 Å². The number of rotatable bonds is 6. The lowest BCUT2D eigenvalue weighted by molar-refractivity contribution is -0.122. The van der Waals surface area contributed by atoms with E-state index in [4.69, 9.17) is 0 Å². The zero-order valence-electron chi connectivity index (χ0n) is 15.9. The van der Waals surface area contributed by atoms with Crippen LogP contribution in [0.4, 0.5) is 10.8 Å². The number of carbonyl (C=O) groups is 2. The third-order valence-corrected chi connectivity index (χ3v) is 6.04. The van der Waals surface area contributed by atoms with Gasteiger partial charge in [0.05, 0.1) is 16.1 Å². The number of aromatic nitrogens is 1. The Morgan fingerprint density at radius 1 is 1.21 bits per heavy atom. The van der Waals surface area contributed by atoms with Gasteiger partial charge >= 0.3 is 0 Å². The number of unbranched alkanes of at least 4 members (excludes halogenated alkanes) is 1. The monoisotopic (exact) mass is 393 g/mol. The highest BCUT2D eigenvalue weighted by Crippen LogP contribution is 2.29. The minimum absolute atomic E-state index is 0.00856. The van der Waals surface area contributed by atoms with Gasteiger partial charge in [0.2, 0.25) is 11.8 Å². The van der Waals surface area contributed by atoms with E-state index in [1.807, 2.05) is 36.4 Å². The van der Waals surface area contributed by atoms with Crippen molar-refractivity contribution in [2.75, 3.05) is 16.8 Å².